The van der Waals surface area contributed by atoms with Crippen LogP contribution in [-0.2, 0) is 12.0 Å². The highest BCUT2D eigenvalue weighted by Crippen LogP contribution is 2.25. The maximum absolute atomic E-state index is 5.81. The molecule has 0 bridgehead atoms. The van der Waals surface area contributed by atoms with Crippen molar-refractivity contribution < 1.29 is 9.15 Å². The fourth-order valence-electron chi connectivity index (χ4n) is 1.75. The molecule has 0 N–H and O–H groups in total. The number of aromatic nitrogens is 1. The van der Waals surface area contributed by atoms with Crippen LogP contribution in [0.2, 0.25) is 0 Å². The maximum atomic E-state index is 5.81. The Morgan fingerprint density at radius 2 is 1.84 bits per heavy atom. The van der Waals surface area contributed by atoms with Gasteiger partial charge in [0.1, 0.15) is 23.8 Å². The number of hydrogen-bond donors (Lipinski definition) is 0. The lowest BCUT2D eigenvalue weighted by Crippen LogP contribution is -2.11. The van der Waals surface area contributed by atoms with Crippen LogP contribution in [0.1, 0.15) is 43.7 Å². The number of hydrogen-bond acceptors (Lipinski definition) is 3. The third kappa shape index (κ3) is 3.16. The smallest absolute Gasteiger partial charge is 0.200 e. The van der Waals surface area contributed by atoms with Gasteiger partial charge in [0.05, 0.1) is 0 Å². The Labute approximate surface area is 114 Å². The summed E-state index contributed by atoms with van der Waals surface area (Å²) in [4.78, 5) is 4.53. The number of rotatable bonds is 3. The van der Waals surface area contributed by atoms with Crippen molar-refractivity contribution in [2.24, 2.45) is 0 Å². The van der Waals surface area contributed by atoms with E-state index in [0.29, 0.717) is 6.61 Å². The molecule has 0 radical (unpaired) electrons. The predicted octanol–water partition coefficient (Wildman–Crippen LogP) is 4.17. The van der Waals surface area contributed by atoms with E-state index in [-0.39, 0.29) is 5.41 Å². The number of para-hydroxylation sites is 1. The molecule has 3 heteroatoms. The predicted molar refractivity (Wildman–Crippen MR) is 75.5 cm³/mol. The minimum Gasteiger partial charge on any atom is -0.487 e. The molecule has 0 aliphatic carbocycles. The molecule has 1 heterocycles. The van der Waals surface area contributed by atoms with E-state index >= 15 is 0 Å². The number of nitrogens with zero attached hydrogens (tertiary/aromatic N) is 1. The topological polar surface area (TPSA) is 35.3 Å². The molecule has 0 amide bonds. The van der Waals surface area contributed by atoms with Gasteiger partial charge in [0, 0.05) is 5.41 Å². The van der Waals surface area contributed by atoms with Gasteiger partial charge in [0.2, 0.25) is 0 Å². The minimum absolute atomic E-state index is 0.0777. The number of benzene rings is 1. The summed E-state index contributed by atoms with van der Waals surface area (Å²) in [6.45, 7) is 10.7. The summed E-state index contributed by atoms with van der Waals surface area (Å²) in [5.41, 5.74) is 1.92. The third-order valence-corrected chi connectivity index (χ3v) is 2.99. The van der Waals surface area contributed by atoms with Gasteiger partial charge < -0.3 is 9.15 Å². The summed E-state index contributed by atoms with van der Waals surface area (Å²) in [7, 11) is 0. The quantitative estimate of drug-likeness (QED) is 0.830. The van der Waals surface area contributed by atoms with Crippen molar-refractivity contribution in [3.8, 4) is 5.75 Å². The van der Waals surface area contributed by atoms with Crippen molar-refractivity contribution in [3.05, 3.63) is 47.2 Å². The molecule has 1 aromatic carbocycles. The van der Waals surface area contributed by atoms with Gasteiger partial charge in [-0.25, -0.2) is 4.98 Å². The zero-order valence-corrected chi connectivity index (χ0v) is 12.3. The van der Waals surface area contributed by atoms with Gasteiger partial charge in [-0.15, -0.1) is 0 Å². The highest BCUT2D eigenvalue weighted by atomic mass is 16.5. The number of oxazole rings is 1. The molecule has 1 aromatic heterocycles. The van der Waals surface area contributed by atoms with E-state index in [0.717, 1.165) is 28.7 Å². The van der Waals surface area contributed by atoms with Crippen LogP contribution in [-0.4, -0.2) is 4.98 Å². The molecular formula is C16H21NO2. The van der Waals surface area contributed by atoms with Crippen LogP contribution in [0.3, 0.4) is 0 Å². The monoisotopic (exact) mass is 259 g/mol. The average molecular weight is 259 g/mol. The van der Waals surface area contributed by atoms with E-state index < -0.39 is 0 Å². The third-order valence-electron chi connectivity index (χ3n) is 2.99. The van der Waals surface area contributed by atoms with E-state index in [1.165, 1.54) is 0 Å². The zero-order chi connectivity index (χ0) is 14.0. The Morgan fingerprint density at radius 1 is 1.16 bits per heavy atom. The summed E-state index contributed by atoms with van der Waals surface area (Å²) in [5, 5.41) is 0. The van der Waals surface area contributed by atoms with Gasteiger partial charge in [-0.3, -0.25) is 0 Å². The van der Waals surface area contributed by atoms with Gasteiger partial charge in [-0.05, 0) is 25.5 Å². The van der Waals surface area contributed by atoms with Crippen molar-refractivity contribution in [1.82, 2.24) is 4.98 Å². The molecule has 0 fully saturated rings. The van der Waals surface area contributed by atoms with Crippen LogP contribution >= 0.6 is 0 Å². The first-order valence-electron chi connectivity index (χ1n) is 6.53. The standard InChI is InChI=1S/C16H21NO2/c1-11-8-6-7-9-14(11)18-10-13-12(2)19-15(17-13)16(3,4)5/h6-9H,10H2,1-5H3. The molecule has 0 spiro atoms. The Bertz CT molecular complexity index is 564. The molecule has 0 saturated heterocycles. The molecule has 0 atom stereocenters. The fourth-order valence-corrected chi connectivity index (χ4v) is 1.75. The lowest BCUT2D eigenvalue weighted by molar-refractivity contribution is 0.297. The normalized spacial score (nSPS) is 11.6. The van der Waals surface area contributed by atoms with Crippen molar-refractivity contribution in [2.75, 3.05) is 0 Å². The van der Waals surface area contributed by atoms with Crippen molar-refractivity contribution in [2.45, 2.75) is 46.6 Å². The molecule has 102 valence electrons. The first-order valence-corrected chi connectivity index (χ1v) is 6.53. The summed E-state index contributed by atoms with van der Waals surface area (Å²) in [5.74, 6) is 2.48. The molecular weight excluding hydrogens is 238 g/mol. The number of aryl methyl sites for hydroxylation is 2. The second kappa shape index (κ2) is 5.08. The summed E-state index contributed by atoms with van der Waals surface area (Å²) < 4.78 is 11.5. The second-order valence-electron chi connectivity index (χ2n) is 5.83. The van der Waals surface area contributed by atoms with Gasteiger partial charge >= 0.3 is 0 Å². The lowest BCUT2D eigenvalue weighted by atomic mass is 9.97. The van der Waals surface area contributed by atoms with Crippen LogP contribution in [0.25, 0.3) is 0 Å². The minimum atomic E-state index is -0.0777. The van der Waals surface area contributed by atoms with Gasteiger partial charge in [0.15, 0.2) is 5.89 Å². The Hall–Kier alpha value is -1.77. The highest BCUT2D eigenvalue weighted by molar-refractivity contribution is 5.31. The van der Waals surface area contributed by atoms with E-state index in [1.807, 2.05) is 38.1 Å². The first-order chi connectivity index (χ1) is 8.88. The van der Waals surface area contributed by atoms with E-state index in [1.54, 1.807) is 0 Å². The lowest BCUT2D eigenvalue weighted by Gasteiger charge is -2.12. The van der Waals surface area contributed by atoms with E-state index in [2.05, 4.69) is 25.8 Å². The summed E-state index contributed by atoms with van der Waals surface area (Å²) in [6.07, 6.45) is 0. The average Bonchev–Trinajstić information content (AvgIpc) is 2.70. The van der Waals surface area contributed by atoms with Crippen LogP contribution in [0.5, 0.6) is 5.75 Å². The van der Waals surface area contributed by atoms with E-state index in [9.17, 15) is 0 Å². The van der Waals surface area contributed by atoms with Crippen LogP contribution in [0.15, 0.2) is 28.7 Å². The van der Waals surface area contributed by atoms with Gasteiger partial charge in [-0.2, -0.15) is 0 Å². The van der Waals surface area contributed by atoms with E-state index in [4.69, 9.17) is 9.15 Å². The first kappa shape index (κ1) is 13.7. The maximum Gasteiger partial charge on any atom is 0.200 e. The Morgan fingerprint density at radius 3 is 2.42 bits per heavy atom. The molecule has 2 aromatic rings. The SMILES string of the molecule is Cc1ccccc1OCc1nc(C(C)(C)C)oc1C. The van der Waals surface area contributed by atoms with Crippen molar-refractivity contribution in [3.63, 3.8) is 0 Å². The van der Waals surface area contributed by atoms with Crippen LogP contribution in [0, 0.1) is 13.8 Å². The molecule has 0 saturated carbocycles. The van der Waals surface area contributed by atoms with Crippen molar-refractivity contribution >= 4 is 0 Å². The van der Waals surface area contributed by atoms with Crippen molar-refractivity contribution in [1.29, 1.82) is 0 Å². The largest absolute Gasteiger partial charge is 0.487 e. The molecule has 0 aliphatic heterocycles. The van der Waals surface area contributed by atoms with Gasteiger partial charge in [0.25, 0.3) is 0 Å². The Balaban J connectivity index is 2.12. The number of ether oxygens (including phenoxy) is 1. The van der Waals surface area contributed by atoms with Gasteiger partial charge in [-0.1, -0.05) is 39.0 Å². The zero-order valence-electron chi connectivity index (χ0n) is 12.3. The summed E-state index contributed by atoms with van der Waals surface area (Å²) in [6, 6.07) is 7.97. The highest BCUT2D eigenvalue weighted by Gasteiger charge is 2.22. The molecule has 2 rings (SSSR count). The molecule has 3 nitrogen and oxygen atoms in total. The fraction of sp³-hybridized carbons (Fsp3) is 0.438. The second-order valence-corrected chi connectivity index (χ2v) is 5.83. The molecule has 0 aliphatic rings. The summed E-state index contributed by atoms with van der Waals surface area (Å²) >= 11 is 0. The van der Waals surface area contributed by atoms with Crippen LogP contribution < -0.4 is 4.74 Å². The molecule has 0 unspecified atom stereocenters. The Kier molecular flexibility index (Phi) is 3.65. The molecule has 19 heavy (non-hydrogen) atoms. The van der Waals surface area contributed by atoms with Crippen LogP contribution in [0.4, 0.5) is 0 Å².